The van der Waals surface area contributed by atoms with Gasteiger partial charge in [-0.05, 0) is 12.1 Å². The largest absolute Gasteiger partial charge is 0.465 e. The summed E-state index contributed by atoms with van der Waals surface area (Å²) in [6.45, 7) is 0. The van der Waals surface area contributed by atoms with Gasteiger partial charge in [0, 0.05) is 0 Å². The topological polar surface area (TPSA) is 52.6 Å². The van der Waals surface area contributed by atoms with Gasteiger partial charge >= 0.3 is 11.9 Å². The molecule has 0 aliphatic rings. The summed E-state index contributed by atoms with van der Waals surface area (Å²) in [7, 11) is 1.26. The molecular formula is C9H7IO4. The number of rotatable bonds is 2. The Bertz CT molecular complexity index is 327. The summed E-state index contributed by atoms with van der Waals surface area (Å²) in [5, 5.41) is 0. The molecule has 0 heterocycles. The van der Waals surface area contributed by atoms with Crippen molar-refractivity contribution in [3.05, 3.63) is 35.4 Å². The van der Waals surface area contributed by atoms with Crippen LogP contribution in [0.4, 0.5) is 0 Å². The van der Waals surface area contributed by atoms with Gasteiger partial charge < -0.3 is 7.80 Å². The highest BCUT2D eigenvalue weighted by Crippen LogP contribution is 2.12. The van der Waals surface area contributed by atoms with Crippen LogP contribution in [0.1, 0.15) is 20.7 Å². The number of esters is 1. The number of ether oxygens (including phenoxy) is 1. The fraction of sp³-hybridized carbons (Fsp3) is 0.111. The zero-order chi connectivity index (χ0) is 10.6. The van der Waals surface area contributed by atoms with E-state index >= 15 is 0 Å². The number of methoxy groups -OCH3 is 1. The number of carbonyl (C=O) groups excluding carboxylic acids is 2. The van der Waals surface area contributed by atoms with Gasteiger partial charge in [0.05, 0.1) is 18.2 Å². The second-order valence-electron chi connectivity index (χ2n) is 2.40. The van der Waals surface area contributed by atoms with Crippen LogP contribution in [0, 0.1) is 0 Å². The van der Waals surface area contributed by atoms with E-state index in [1.807, 2.05) is 0 Å². The Kier molecular flexibility index (Phi) is 3.87. The molecule has 0 N–H and O–H groups in total. The zero-order valence-corrected chi connectivity index (χ0v) is 9.48. The second-order valence-corrected chi connectivity index (χ2v) is 2.84. The van der Waals surface area contributed by atoms with Gasteiger partial charge in [-0.1, -0.05) is 12.1 Å². The maximum absolute atomic E-state index is 11.2. The minimum absolute atomic E-state index is 0.203. The van der Waals surface area contributed by atoms with Crippen LogP contribution in [0.25, 0.3) is 0 Å². The summed E-state index contributed by atoms with van der Waals surface area (Å²) in [5.74, 6) is -1.12. The van der Waals surface area contributed by atoms with Crippen LogP contribution in [0.3, 0.4) is 0 Å². The van der Waals surface area contributed by atoms with E-state index in [0.717, 1.165) is 0 Å². The van der Waals surface area contributed by atoms with Crippen molar-refractivity contribution in [2.45, 2.75) is 0 Å². The minimum Gasteiger partial charge on any atom is -0.465 e. The maximum atomic E-state index is 11.2. The van der Waals surface area contributed by atoms with Gasteiger partial charge in [-0.2, -0.15) is 0 Å². The third kappa shape index (κ3) is 2.22. The summed E-state index contributed by atoms with van der Waals surface area (Å²) in [6.07, 6.45) is 0. The van der Waals surface area contributed by atoms with Crippen molar-refractivity contribution in [2.24, 2.45) is 0 Å². The standard InChI is InChI=1S/C9H7IO4/c1-13-8(11)6-4-2-3-5-7(6)9(12)14-10/h2-5H,1H3. The van der Waals surface area contributed by atoms with E-state index in [1.165, 1.54) is 42.2 Å². The van der Waals surface area contributed by atoms with Gasteiger partial charge in [0.2, 0.25) is 0 Å². The molecule has 0 saturated carbocycles. The van der Waals surface area contributed by atoms with Crippen LogP contribution in [0.15, 0.2) is 24.3 Å². The minimum atomic E-state index is -0.563. The highest BCUT2D eigenvalue weighted by molar-refractivity contribution is 14.1. The molecule has 0 bridgehead atoms. The van der Waals surface area contributed by atoms with E-state index in [9.17, 15) is 9.59 Å². The first-order valence-electron chi connectivity index (χ1n) is 3.71. The van der Waals surface area contributed by atoms with Crippen molar-refractivity contribution in [1.82, 2.24) is 0 Å². The Balaban J connectivity index is 3.15. The lowest BCUT2D eigenvalue weighted by Crippen LogP contribution is -2.09. The van der Waals surface area contributed by atoms with Crippen LogP contribution in [-0.2, 0) is 7.80 Å². The van der Waals surface area contributed by atoms with Gasteiger partial charge in [-0.15, -0.1) is 0 Å². The molecule has 0 amide bonds. The van der Waals surface area contributed by atoms with Crippen molar-refractivity contribution in [3.8, 4) is 0 Å². The molecule has 74 valence electrons. The molecule has 1 rings (SSSR count). The van der Waals surface area contributed by atoms with Crippen molar-refractivity contribution in [1.29, 1.82) is 0 Å². The number of hydrogen-bond acceptors (Lipinski definition) is 4. The third-order valence-corrected chi connectivity index (χ3v) is 2.02. The Morgan fingerprint density at radius 2 is 1.64 bits per heavy atom. The Morgan fingerprint density at radius 3 is 2.07 bits per heavy atom. The molecule has 0 aliphatic heterocycles. The molecule has 0 aromatic heterocycles. The van der Waals surface area contributed by atoms with Gasteiger partial charge in [-0.3, -0.25) is 0 Å². The number of carbonyl (C=O) groups is 2. The summed E-state index contributed by atoms with van der Waals surface area (Å²) >= 11 is 1.47. The van der Waals surface area contributed by atoms with Crippen molar-refractivity contribution in [3.63, 3.8) is 0 Å². The van der Waals surface area contributed by atoms with Gasteiger partial charge in [-0.25, -0.2) is 9.59 Å². The van der Waals surface area contributed by atoms with Gasteiger partial charge in [0.25, 0.3) is 0 Å². The normalized spacial score (nSPS) is 9.29. The molecule has 0 radical (unpaired) electrons. The molecule has 1 aromatic carbocycles. The Morgan fingerprint density at radius 1 is 1.14 bits per heavy atom. The molecule has 4 nitrogen and oxygen atoms in total. The molecule has 0 spiro atoms. The molecule has 14 heavy (non-hydrogen) atoms. The lowest BCUT2D eigenvalue weighted by molar-refractivity contribution is 0.0592. The fourth-order valence-corrected chi connectivity index (χ4v) is 1.23. The highest BCUT2D eigenvalue weighted by Gasteiger charge is 2.17. The van der Waals surface area contributed by atoms with E-state index < -0.39 is 11.9 Å². The summed E-state index contributed by atoms with van der Waals surface area (Å²) in [4.78, 5) is 22.4. The van der Waals surface area contributed by atoms with E-state index in [0.29, 0.717) is 0 Å². The summed E-state index contributed by atoms with van der Waals surface area (Å²) < 4.78 is 9.02. The fourth-order valence-electron chi connectivity index (χ4n) is 0.991. The van der Waals surface area contributed by atoms with Crippen LogP contribution in [0.2, 0.25) is 0 Å². The molecule has 0 saturated heterocycles. The van der Waals surface area contributed by atoms with E-state index in [2.05, 4.69) is 7.80 Å². The third-order valence-electron chi connectivity index (χ3n) is 1.62. The van der Waals surface area contributed by atoms with Gasteiger partial charge in [0.15, 0.2) is 23.0 Å². The van der Waals surface area contributed by atoms with E-state index in [4.69, 9.17) is 0 Å². The quantitative estimate of drug-likeness (QED) is 0.619. The van der Waals surface area contributed by atoms with Crippen molar-refractivity contribution >= 4 is 34.9 Å². The zero-order valence-electron chi connectivity index (χ0n) is 7.32. The number of hydrogen-bond donors (Lipinski definition) is 0. The average Bonchev–Trinajstić information content (AvgIpc) is 2.27. The second kappa shape index (κ2) is 4.94. The van der Waals surface area contributed by atoms with Crippen LogP contribution in [-0.4, -0.2) is 19.0 Å². The Hall–Kier alpha value is -1.11. The SMILES string of the molecule is COC(=O)c1ccccc1C(=O)OI. The van der Waals surface area contributed by atoms with Gasteiger partial charge in [0.1, 0.15) is 0 Å². The van der Waals surface area contributed by atoms with E-state index in [1.54, 1.807) is 12.1 Å². The molecule has 0 unspecified atom stereocenters. The van der Waals surface area contributed by atoms with Crippen LogP contribution < -0.4 is 0 Å². The smallest absolute Gasteiger partial charge is 0.348 e. The predicted molar refractivity (Wildman–Crippen MR) is 57.2 cm³/mol. The predicted octanol–water partition coefficient (Wildman–Crippen LogP) is 1.98. The van der Waals surface area contributed by atoms with Crippen molar-refractivity contribution in [2.75, 3.05) is 7.11 Å². The summed E-state index contributed by atoms with van der Waals surface area (Å²) in [6, 6.07) is 6.31. The van der Waals surface area contributed by atoms with E-state index in [-0.39, 0.29) is 11.1 Å². The monoisotopic (exact) mass is 306 g/mol. The first-order valence-corrected chi connectivity index (χ1v) is 4.59. The van der Waals surface area contributed by atoms with Crippen LogP contribution in [0.5, 0.6) is 0 Å². The maximum Gasteiger partial charge on any atom is 0.348 e. The average molecular weight is 306 g/mol. The Labute approximate surface area is 94.9 Å². The van der Waals surface area contributed by atoms with Crippen molar-refractivity contribution < 1.29 is 17.4 Å². The summed E-state index contributed by atoms with van der Waals surface area (Å²) in [5.41, 5.74) is 0.408. The molecule has 5 heteroatoms. The first-order chi connectivity index (χ1) is 6.70. The molecule has 0 atom stereocenters. The van der Waals surface area contributed by atoms with Crippen LogP contribution >= 0.6 is 23.0 Å². The first kappa shape index (κ1) is 11.0. The molecule has 1 aromatic rings. The lowest BCUT2D eigenvalue weighted by Gasteiger charge is -2.03. The highest BCUT2D eigenvalue weighted by atomic mass is 127. The number of halogens is 1. The molecular weight excluding hydrogens is 299 g/mol. The lowest BCUT2D eigenvalue weighted by atomic mass is 10.1. The molecule has 0 fully saturated rings. The number of benzene rings is 1. The molecule has 0 aliphatic carbocycles.